The average molecular weight is 266 g/mol. The summed E-state index contributed by atoms with van der Waals surface area (Å²) in [6.07, 6.45) is 5.20. The zero-order valence-electron chi connectivity index (χ0n) is 10.7. The number of nitrogens with two attached hydrogens (primary N) is 1. The minimum absolute atomic E-state index is 0.0745. The first-order chi connectivity index (χ1) is 8.47. The molecule has 0 radical (unpaired) electrons. The summed E-state index contributed by atoms with van der Waals surface area (Å²) < 4.78 is 26.1. The summed E-state index contributed by atoms with van der Waals surface area (Å²) in [5.74, 6) is 2.36. The molecule has 2 N–H and O–H groups in total. The van der Waals surface area contributed by atoms with E-state index in [0.717, 1.165) is 5.56 Å². The molecule has 1 aromatic rings. The van der Waals surface area contributed by atoms with Crippen LogP contribution in [0.5, 0.6) is 0 Å². The molecule has 0 fully saturated rings. The van der Waals surface area contributed by atoms with Crippen LogP contribution in [0.1, 0.15) is 18.1 Å². The Balaban J connectivity index is 3.31. The molecule has 1 rings (SSSR count). The Kier molecular flexibility index (Phi) is 4.91. The Hall–Kier alpha value is -1.35. The van der Waals surface area contributed by atoms with Gasteiger partial charge < -0.3 is 5.73 Å². The fourth-order valence-corrected chi connectivity index (χ4v) is 3.29. The summed E-state index contributed by atoms with van der Waals surface area (Å²) in [7, 11) is -3.54. The summed E-state index contributed by atoms with van der Waals surface area (Å²) in [5, 5.41) is 0. The predicted octanol–water partition coefficient (Wildman–Crippen LogP) is 1.10. The maximum atomic E-state index is 12.4. The molecule has 0 aliphatic carbocycles. The first kappa shape index (κ1) is 14.7. The molecule has 0 bridgehead atoms. The third-order valence-electron chi connectivity index (χ3n) is 2.73. The van der Waals surface area contributed by atoms with Crippen LogP contribution >= 0.6 is 0 Å². The van der Waals surface area contributed by atoms with Crippen LogP contribution in [-0.2, 0) is 16.6 Å². The van der Waals surface area contributed by atoms with Crippen molar-refractivity contribution in [2.75, 3.05) is 13.1 Å². The molecule has 98 valence electrons. The van der Waals surface area contributed by atoms with E-state index in [4.69, 9.17) is 12.2 Å². The van der Waals surface area contributed by atoms with Crippen molar-refractivity contribution in [3.63, 3.8) is 0 Å². The first-order valence-corrected chi connectivity index (χ1v) is 7.14. The molecule has 1 aromatic carbocycles. The van der Waals surface area contributed by atoms with Gasteiger partial charge in [-0.3, -0.25) is 0 Å². The average Bonchev–Trinajstić information content (AvgIpc) is 2.36. The maximum absolute atomic E-state index is 12.4. The molecule has 0 aromatic heterocycles. The van der Waals surface area contributed by atoms with Gasteiger partial charge in [-0.05, 0) is 24.1 Å². The van der Waals surface area contributed by atoms with Crippen LogP contribution in [0.2, 0.25) is 0 Å². The smallest absolute Gasteiger partial charge is 0.244 e. The molecule has 0 aliphatic heterocycles. The minimum Gasteiger partial charge on any atom is -0.326 e. The predicted molar refractivity (Wildman–Crippen MR) is 72.3 cm³/mol. The monoisotopic (exact) mass is 266 g/mol. The highest BCUT2D eigenvalue weighted by atomic mass is 32.2. The third-order valence-corrected chi connectivity index (χ3v) is 4.79. The maximum Gasteiger partial charge on any atom is 0.244 e. The van der Waals surface area contributed by atoms with Crippen LogP contribution in [0.3, 0.4) is 0 Å². The SMILES string of the molecule is C#CCN(CC)S(=O)(=O)c1cc(CN)ccc1C. The number of sulfonamides is 1. The van der Waals surface area contributed by atoms with Gasteiger partial charge in [0.05, 0.1) is 11.4 Å². The van der Waals surface area contributed by atoms with Gasteiger partial charge in [0, 0.05) is 13.1 Å². The van der Waals surface area contributed by atoms with Gasteiger partial charge in [-0.25, -0.2) is 8.42 Å². The lowest BCUT2D eigenvalue weighted by molar-refractivity contribution is 0.463. The van der Waals surface area contributed by atoms with E-state index >= 15 is 0 Å². The Morgan fingerprint density at radius 3 is 2.61 bits per heavy atom. The number of nitrogens with zero attached hydrogens (tertiary/aromatic N) is 1. The van der Waals surface area contributed by atoms with Gasteiger partial charge in [0.1, 0.15) is 0 Å². The molecular weight excluding hydrogens is 248 g/mol. The molecule has 4 nitrogen and oxygen atoms in total. The summed E-state index contributed by atoms with van der Waals surface area (Å²) in [5.41, 5.74) is 7.02. The van der Waals surface area contributed by atoms with Crippen LogP contribution in [0.15, 0.2) is 23.1 Å². The first-order valence-electron chi connectivity index (χ1n) is 5.70. The van der Waals surface area contributed by atoms with E-state index in [2.05, 4.69) is 5.92 Å². The van der Waals surface area contributed by atoms with Crippen molar-refractivity contribution in [3.8, 4) is 12.3 Å². The lowest BCUT2D eigenvalue weighted by atomic mass is 10.1. The zero-order valence-corrected chi connectivity index (χ0v) is 11.5. The number of hydrogen-bond donors (Lipinski definition) is 1. The highest BCUT2D eigenvalue weighted by Gasteiger charge is 2.24. The molecular formula is C13H18N2O2S. The summed E-state index contributed by atoms with van der Waals surface area (Å²) >= 11 is 0. The van der Waals surface area contributed by atoms with Crippen molar-refractivity contribution < 1.29 is 8.42 Å². The van der Waals surface area contributed by atoms with Gasteiger partial charge in [0.25, 0.3) is 0 Å². The van der Waals surface area contributed by atoms with E-state index in [1.54, 1.807) is 26.0 Å². The Bertz CT molecular complexity index is 559. The van der Waals surface area contributed by atoms with E-state index in [-0.39, 0.29) is 11.4 Å². The molecule has 18 heavy (non-hydrogen) atoms. The number of terminal acetylenes is 1. The number of aryl methyl sites for hydroxylation is 1. The number of rotatable bonds is 5. The molecule has 0 aliphatic rings. The standard InChI is InChI=1S/C13H18N2O2S/c1-4-8-15(5-2)18(16,17)13-9-12(10-14)7-6-11(13)3/h1,6-7,9H,5,8,10,14H2,2-3H3. The molecule has 0 saturated carbocycles. The number of hydrogen-bond acceptors (Lipinski definition) is 3. The van der Waals surface area contributed by atoms with Gasteiger partial charge in [0.15, 0.2) is 0 Å². The Morgan fingerprint density at radius 1 is 1.44 bits per heavy atom. The van der Waals surface area contributed by atoms with Crippen LogP contribution in [0, 0.1) is 19.3 Å². The van der Waals surface area contributed by atoms with Crippen molar-refractivity contribution in [3.05, 3.63) is 29.3 Å². The quantitative estimate of drug-likeness (QED) is 0.812. The van der Waals surface area contributed by atoms with Crippen molar-refractivity contribution in [1.82, 2.24) is 4.31 Å². The molecule has 0 atom stereocenters. The summed E-state index contributed by atoms with van der Waals surface area (Å²) in [6.45, 7) is 4.25. The van der Waals surface area contributed by atoms with Crippen LogP contribution in [-0.4, -0.2) is 25.8 Å². The molecule has 0 saturated heterocycles. The van der Waals surface area contributed by atoms with Crippen LogP contribution in [0.4, 0.5) is 0 Å². The van der Waals surface area contributed by atoms with Crippen molar-refractivity contribution in [1.29, 1.82) is 0 Å². The van der Waals surface area contributed by atoms with E-state index in [1.165, 1.54) is 4.31 Å². The van der Waals surface area contributed by atoms with Gasteiger partial charge in [0.2, 0.25) is 10.0 Å². The van der Waals surface area contributed by atoms with Crippen molar-refractivity contribution in [2.24, 2.45) is 5.73 Å². The van der Waals surface area contributed by atoms with Crippen molar-refractivity contribution in [2.45, 2.75) is 25.3 Å². The van der Waals surface area contributed by atoms with Gasteiger partial charge >= 0.3 is 0 Å². The van der Waals surface area contributed by atoms with Gasteiger partial charge in [-0.2, -0.15) is 4.31 Å². The minimum atomic E-state index is -3.54. The largest absolute Gasteiger partial charge is 0.326 e. The lowest BCUT2D eigenvalue weighted by Crippen LogP contribution is -2.31. The van der Waals surface area contributed by atoms with E-state index < -0.39 is 10.0 Å². The van der Waals surface area contributed by atoms with E-state index in [9.17, 15) is 8.42 Å². The summed E-state index contributed by atoms with van der Waals surface area (Å²) in [4.78, 5) is 0.280. The Labute approximate surface area is 109 Å². The van der Waals surface area contributed by atoms with Gasteiger partial charge in [-0.1, -0.05) is 25.0 Å². The molecule has 0 spiro atoms. The Morgan fingerprint density at radius 2 is 2.11 bits per heavy atom. The third kappa shape index (κ3) is 2.91. The van der Waals surface area contributed by atoms with Gasteiger partial charge in [-0.15, -0.1) is 6.42 Å². The second-order valence-electron chi connectivity index (χ2n) is 3.94. The number of benzene rings is 1. The lowest BCUT2D eigenvalue weighted by Gasteiger charge is -2.19. The van der Waals surface area contributed by atoms with Crippen LogP contribution < -0.4 is 5.73 Å². The van der Waals surface area contributed by atoms with Crippen LogP contribution in [0.25, 0.3) is 0 Å². The zero-order chi connectivity index (χ0) is 13.8. The molecule has 5 heteroatoms. The van der Waals surface area contributed by atoms with E-state index in [0.29, 0.717) is 18.7 Å². The molecule has 0 heterocycles. The highest BCUT2D eigenvalue weighted by molar-refractivity contribution is 7.89. The van der Waals surface area contributed by atoms with E-state index in [1.807, 2.05) is 6.07 Å². The van der Waals surface area contributed by atoms with Crippen molar-refractivity contribution >= 4 is 10.0 Å². The summed E-state index contributed by atoms with van der Waals surface area (Å²) in [6, 6.07) is 5.20. The second-order valence-corrected chi connectivity index (χ2v) is 5.85. The fraction of sp³-hybridized carbons (Fsp3) is 0.385. The normalized spacial score (nSPS) is 11.5. The molecule has 0 amide bonds. The molecule has 0 unspecified atom stereocenters. The second kappa shape index (κ2) is 6.01. The highest BCUT2D eigenvalue weighted by Crippen LogP contribution is 2.21. The topological polar surface area (TPSA) is 63.4 Å². The fourth-order valence-electron chi connectivity index (χ4n) is 1.66.